The maximum Gasteiger partial charge on any atom is 0.261 e. The Hall–Kier alpha value is -3.02. The Balaban J connectivity index is 2.32. The highest BCUT2D eigenvalue weighted by molar-refractivity contribution is 5.88. The Morgan fingerprint density at radius 2 is 1.68 bits per heavy atom. The zero-order valence-corrected chi connectivity index (χ0v) is 21.9. The standard InChI is InChI=1S/C28H40N2O4/c1-9-23(26(32)29-28(5,6)7)30(18-20-13-12-14-21(17-20)33-8)25(31)19-34-24-16-11-10-15-22(24)27(2,3)4/h10-17,23H,9,18-19H2,1-8H3,(H,29,32)/t23-/m0/s1. The number of nitrogens with one attached hydrogen (secondary N) is 1. The minimum absolute atomic E-state index is 0.127. The van der Waals surface area contributed by atoms with Gasteiger partial charge < -0.3 is 19.7 Å². The fourth-order valence-corrected chi connectivity index (χ4v) is 3.77. The Morgan fingerprint density at radius 1 is 1.00 bits per heavy atom. The van der Waals surface area contributed by atoms with Crippen molar-refractivity contribution in [1.29, 1.82) is 0 Å². The van der Waals surface area contributed by atoms with Crippen LogP contribution < -0.4 is 14.8 Å². The summed E-state index contributed by atoms with van der Waals surface area (Å²) in [6.07, 6.45) is 0.482. The molecule has 186 valence electrons. The first-order valence-corrected chi connectivity index (χ1v) is 11.8. The van der Waals surface area contributed by atoms with Crippen LogP contribution in [-0.2, 0) is 21.5 Å². The van der Waals surface area contributed by atoms with E-state index in [-0.39, 0.29) is 30.4 Å². The molecule has 0 saturated heterocycles. The smallest absolute Gasteiger partial charge is 0.261 e. The molecule has 0 aromatic heterocycles. The summed E-state index contributed by atoms with van der Waals surface area (Å²) in [6, 6.07) is 14.7. The van der Waals surface area contributed by atoms with Crippen LogP contribution in [0.5, 0.6) is 11.5 Å². The zero-order valence-electron chi connectivity index (χ0n) is 21.9. The third-order valence-electron chi connectivity index (χ3n) is 5.42. The molecule has 0 fully saturated rings. The van der Waals surface area contributed by atoms with Gasteiger partial charge in [-0.25, -0.2) is 0 Å². The highest BCUT2D eigenvalue weighted by Crippen LogP contribution is 2.31. The summed E-state index contributed by atoms with van der Waals surface area (Å²) in [5.74, 6) is 0.952. The summed E-state index contributed by atoms with van der Waals surface area (Å²) in [4.78, 5) is 28.2. The van der Waals surface area contributed by atoms with E-state index in [1.165, 1.54) is 0 Å². The number of carbonyl (C=O) groups is 2. The number of amides is 2. The van der Waals surface area contributed by atoms with Gasteiger partial charge in [-0.2, -0.15) is 0 Å². The van der Waals surface area contributed by atoms with Crippen LogP contribution in [0.25, 0.3) is 0 Å². The lowest BCUT2D eigenvalue weighted by Gasteiger charge is -2.33. The molecule has 2 rings (SSSR count). The van der Waals surface area contributed by atoms with Crippen molar-refractivity contribution in [3.63, 3.8) is 0 Å². The predicted octanol–water partition coefficient (Wildman–Crippen LogP) is 5.09. The second kappa shape index (κ2) is 11.4. The monoisotopic (exact) mass is 468 g/mol. The molecule has 1 N–H and O–H groups in total. The Kier molecular flexibility index (Phi) is 9.14. The van der Waals surface area contributed by atoms with E-state index < -0.39 is 11.6 Å². The van der Waals surface area contributed by atoms with Crippen molar-refractivity contribution < 1.29 is 19.1 Å². The lowest BCUT2D eigenvalue weighted by Crippen LogP contribution is -2.54. The number of methoxy groups -OCH3 is 1. The van der Waals surface area contributed by atoms with Crippen LogP contribution in [0.2, 0.25) is 0 Å². The SMILES string of the molecule is CC[C@@H](C(=O)NC(C)(C)C)N(Cc1cccc(OC)c1)C(=O)COc1ccccc1C(C)(C)C. The number of benzene rings is 2. The third-order valence-corrected chi connectivity index (χ3v) is 5.42. The molecule has 0 aliphatic carbocycles. The van der Waals surface area contributed by atoms with Crippen molar-refractivity contribution in [2.45, 2.75) is 78.4 Å². The summed E-state index contributed by atoms with van der Waals surface area (Å²) in [5.41, 5.74) is 1.37. The van der Waals surface area contributed by atoms with Crippen LogP contribution in [0.15, 0.2) is 48.5 Å². The molecule has 0 aliphatic rings. The summed E-state index contributed by atoms with van der Waals surface area (Å²) >= 11 is 0. The molecule has 0 aliphatic heterocycles. The van der Waals surface area contributed by atoms with E-state index in [2.05, 4.69) is 26.1 Å². The Morgan fingerprint density at radius 3 is 2.26 bits per heavy atom. The van der Waals surface area contributed by atoms with Crippen LogP contribution in [0.1, 0.15) is 66.0 Å². The number of rotatable bonds is 9. The fraction of sp³-hybridized carbons (Fsp3) is 0.500. The van der Waals surface area contributed by atoms with Gasteiger partial charge in [-0.15, -0.1) is 0 Å². The molecule has 1 atom stereocenters. The molecule has 2 aromatic rings. The largest absolute Gasteiger partial charge is 0.497 e. The molecule has 0 saturated carbocycles. The average molecular weight is 469 g/mol. The Labute approximate surface area is 204 Å². The van der Waals surface area contributed by atoms with Crippen LogP contribution in [0.4, 0.5) is 0 Å². The molecule has 34 heavy (non-hydrogen) atoms. The van der Waals surface area contributed by atoms with Gasteiger partial charge in [0.25, 0.3) is 5.91 Å². The molecule has 0 bridgehead atoms. The van der Waals surface area contributed by atoms with Gasteiger partial charge in [0.05, 0.1) is 7.11 Å². The molecule has 0 unspecified atom stereocenters. The van der Waals surface area contributed by atoms with Crippen LogP contribution in [0, 0.1) is 0 Å². The van der Waals surface area contributed by atoms with E-state index in [0.717, 1.165) is 11.1 Å². The van der Waals surface area contributed by atoms with E-state index in [0.29, 0.717) is 17.9 Å². The van der Waals surface area contributed by atoms with Crippen LogP contribution in [-0.4, -0.2) is 42.0 Å². The van der Waals surface area contributed by atoms with E-state index in [1.807, 2.05) is 76.2 Å². The number of hydrogen-bond acceptors (Lipinski definition) is 4. The van der Waals surface area contributed by atoms with Crippen molar-refractivity contribution in [2.24, 2.45) is 0 Å². The number of carbonyl (C=O) groups excluding carboxylic acids is 2. The van der Waals surface area contributed by atoms with Gasteiger partial charge in [-0.05, 0) is 61.9 Å². The van der Waals surface area contributed by atoms with Gasteiger partial charge in [-0.1, -0.05) is 58.0 Å². The minimum atomic E-state index is -0.626. The van der Waals surface area contributed by atoms with Gasteiger partial charge in [0.2, 0.25) is 5.91 Å². The summed E-state index contributed by atoms with van der Waals surface area (Å²) in [6.45, 7) is 14.1. The highest BCUT2D eigenvalue weighted by Gasteiger charge is 2.31. The van der Waals surface area contributed by atoms with Gasteiger partial charge in [-0.3, -0.25) is 9.59 Å². The maximum atomic E-state index is 13.5. The van der Waals surface area contributed by atoms with Crippen molar-refractivity contribution in [3.05, 3.63) is 59.7 Å². The molecular formula is C28H40N2O4. The van der Waals surface area contributed by atoms with Crippen molar-refractivity contribution in [2.75, 3.05) is 13.7 Å². The van der Waals surface area contributed by atoms with Crippen molar-refractivity contribution in [1.82, 2.24) is 10.2 Å². The molecule has 2 aromatic carbocycles. The van der Waals surface area contributed by atoms with Gasteiger partial charge in [0.15, 0.2) is 6.61 Å². The first-order chi connectivity index (χ1) is 15.9. The Bertz CT molecular complexity index is 973. The second-order valence-electron chi connectivity index (χ2n) is 10.6. The van der Waals surface area contributed by atoms with Gasteiger partial charge >= 0.3 is 0 Å². The summed E-state index contributed by atoms with van der Waals surface area (Å²) in [7, 11) is 1.61. The normalized spacial score (nSPS) is 12.6. The molecule has 6 heteroatoms. The average Bonchev–Trinajstić information content (AvgIpc) is 2.75. The van der Waals surface area contributed by atoms with Gasteiger partial charge in [0, 0.05) is 12.1 Å². The first kappa shape index (κ1) is 27.2. The second-order valence-corrected chi connectivity index (χ2v) is 10.6. The molecular weight excluding hydrogens is 428 g/mol. The number of hydrogen-bond donors (Lipinski definition) is 1. The molecule has 0 radical (unpaired) electrons. The number of ether oxygens (including phenoxy) is 2. The third kappa shape index (κ3) is 7.79. The summed E-state index contributed by atoms with van der Waals surface area (Å²) in [5, 5.41) is 3.02. The molecule has 0 spiro atoms. The predicted molar refractivity (Wildman–Crippen MR) is 136 cm³/mol. The van der Waals surface area contributed by atoms with E-state index in [4.69, 9.17) is 9.47 Å². The van der Waals surface area contributed by atoms with Crippen LogP contribution >= 0.6 is 0 Å². The first-order valence-electron chi connectivity index (χ1n) is 11.8. The molecule has 2 amide bonds. The van der Waals surface area contributed by atoms with Crippen molar-refractivity contribution >= 4 is 11.8 Å². The van der Waals surface area contributed by atoms with E-state index in [9.17, 15) is 9.59 Å². The molecule has 6 nitrogen and oxygen atoms in total. The van der Waals surface area contributed by atoms with Gasteiger partial charge in [0.1, 0.15) is 17.5 Å². The molecule has 0 heterocycles. The topological polar surface area (TPSA) is 67.9 Å². The highest BCUT2D eigenvalue weighted by atomic mass is 16.5. The number of para-hydroxylation sites is 1. The minimum Gasteiger partial charge on any atom is -0.497 e. The van der Waals surface area contributed by atoms with Crippen molar-refractivity contribution in [3.8, 4) is 11.5 Å². The lowest BCUT2D eigenvalue weighted by atomic mass is 9.86. The maximum absolute atomic E-state index is 13.5. The summed E-state index contributed by atoms with van der Waals surface area (Å²) < 4.78 is 11.4. The lowest BCUT2D eigenvalue weighted by molar-refractivity contribution is -0.143. The van der Waals surface area contributed by atoms with E-state index in [1.54, 1.807) is 12.0 Å². The van der Waals surface area contributed by atoms with E-state index >= 15 is 0 Å². The number of nitrogens with zero attached hydrogens (tertiary/aromatic N) is 1. The quantitative estimate of drug-likeness (QED) is 0.556. The fourth-order valence-electron chi connectivity index (χ4n) is 3.77. The van der Waals surface area contributed by atoms with Crippen LogP contribution in [0.3, 0.4) is 0 Å². The zero-order chi connectivity index (χ0) is 25.5.